The molecule has 0 aromatic carbocycles. The van der Waals surface area contributed by atoms with E-state index in [1.54, 1.807) is 6.20 Å². The van der Waals surface area contributed by atoms with Gasteiger partial charge in [0, 0.05) is 31.9 Å². The zero-order chi connectivity index (χ0) is 13.0. The van der Waals surface area contributed by atoms with Crippen LogP contribution in [-0.4, -0.2) is 27.4 Å². The molecule has 0 aliphatic rings. The van der Waals surface area contributed by atoms with E-state index >= 15 is 0 Å². The van der Waals surface area contributed by atoms with Crippen LogP contribution in [-0.2, 0) is 20.0 Å². The molecule has 2 heterocycles. The maximum Gasteiger partial charge on any atom is 0.339 e. The van der Waals surface area contributed by atoms with Crippen LogP contribution >= 0.6 is 0 Å². The van der Waals surface area contributed by atoms with E-state index in [9.17, 15) is 4.79 Å². The summed E-state index contributed by atoms with van der Waals surface area (Å²) in [5, 5.41) is 16.1. The Morgan fingerprint density at radius 3 is 3.06 bits per heavy atom. The number of hydrogen-bond donors (Lipinski definition) is 2. The summed E-state index contributed by atoms with van der Waals surface area (Å²) in [6, 6.07) is 3.41. The Labute approximate surface area is 104 Å². The molecule has 18 heavy (non-hydrogen) atoms. The lowest BCUT2D eigenvalue weighted by atomic mass is 10.2. The molecule has 0 aliphatic heterocycles. The molecule has 0 amide bonds. The van der Waals surface area contributed by atoms with Crippen molar-refractivity contribution in [3.63, 3.8) is 0 Å². The van der Waals surface area contributed by atoms with Crippen molar-refractivity contribution in [2.45, 2.75) is 13.0 Å². The minimum Gasteiger partial charge on any atom is -0.478 e. The second kappa shape index (κ2) is 5.50. The highest BCUT2D eigenvalue weighted by Crippen LogP contribution is 2.09. The van der Waals surface area contributed by atoms with E-state index in [-0.39, 0.29) is 5.56 Å². The predicted octanol–water partition coefficient (Wildman–Crippen LogP) is 1.04. The molecule has 6 heteroatoms. The highest BCUT2D eigenvalue weighted by molar-refractivity contribution is 5.88. The van der Waals surface area contributed by atoms with Gasteiger partial charge in [-0.2, -0.15) is 5.10 Å². The lowest BCUT2D eigenvalue weighted by Crippen LogP contribution is -2.18. The number of hydrogen-bond acceptors (Lipinski definition) is 4. The van der Waals surface area contributed by atoms with Crippen molar-refractivity contribution in [2.24, 2.45) is 7.05 Å². The largest absolute Gasteiger partial charge is 0.478 e. The van der Waals surface area contributed by atoms with Crippen LogP contribution in [0.1, 0.15) is 21.8 Å². The van der Waals surface area contributed by atoms with Gasteiger partial charge in [-0.15, -0.1) is 0 Å². The Morgan fingerprint density at radius 2 is 2.39 bits per heavy atom. The number of nitrogens with zero attached hydrogens (tertiary/aromatic N) is 2. The van der Waals surface area contributed by atoms with Crippen LogP contribution in [0, 0.1) is 0 Å². The molecule has 0 bridgehead atoms. The van der Waals surface area contributed by atoms with Gasteiger partial charge < -0.3 is 14.8 Å². The van der Waals surface area contributed by atoms with Gasteiger partial charge >= 0.3 is 5.97 Å². The minimum atomic E-state index is -0.966. The molecule has 2 aromatic heterocycles. The first kappa shape index (κ1) is 12.4. The third-order valence-electron chi connectivity index (χ3n) is 2.74. The molecule has 0 spiro atoms. The van der Waals surface area contributed by atoms with Gasteiger partial charge in [-0.3, -0.25) is 4.68 Å². The second-order valence-corrected chi connectivity index (χ2v) is 3.94. The van der Waals surface area contributed by atoms with Crippen molar-refractivity contribution in [1.29, 1.82) is 0 Å². The highest BCUT2D eigenvalue weighted by atomic mass is 16.4. The Hall–Kier alpha value is -2.08. The Bertz CT molecular complexity index is 530. The Morgan fingerprint density at radius 1 is 1.56 bits per heavy atom. The van der Waals surface area contributed by atoms with Crippen molar-refractivity contribution in [1.82, 2.24) is 15.1 Å². The number of aromatic carboxylic acids is 1. The van der Waals surface area contributed by atoms with Crippen LogP contribution in [0.25, 0.3) is 0 Å². The first-order valence-corrected chi connectivity index (χ1v) is 5.65. The van der Waals surface area contributed by atoms with Crippen molar-refractivity contribution in [2.75, 3.05) is 6.54 Å². The first-order chi connectivity index (χ1) is 8.68. The average Bonchev–Trinajstić information content (AvgIpc) is 2.94. The molecule has 96 valence electrons. The molecule has 2 N–H and O–H groups in total. The molecule has 2 rings (SSSR count). The van der Waals surface area contributed by atoms with Gasteiger partial charge in [0.1, 0.15) is 11.3 Å². The number of carboxylic acids is 1. The van der Waals surface area contributed by atoms with Gasteiger partial charge in [0.2, 0.25) is 0 Å². The summed E-state index contributed by atoms with van der Waals surface area (Å²) in [6.07, 6.45) is 3.98. The van der Waals surface area contributed by atoms with Crippen LogP contribution in [0.5, 0.6) is 0 Å². The van der Waals surface area contributed by atoms with Crippen LogP contribution in [0.3, 0.4) is 0 Å². The molecule has 0 unspecified atom stereocenters. The molecule has 0 radical (unpaired) electrons. The van der Waals surface area contributed by atoms with Gasteiger partial charge in [0.05, 0.1) is 12.8 Å². The van der Waals surface area contributed by atoms with Crippen LogP contribution < -0.4 is 5.32 Å². The van der Waals surface area contributed by atoms with Gasteiger partial charge in [0.25, 0.3) is 0 Å². The van der Waals surface area contributed by atoms with E-state index in [1.807, 2.05) is 17.8 Å². The SMILES string of the molecule is Cn1nccc1CCNCc1occc1C(=O)O. The number of aromatic nitrogens is 2. The summed E-state index contributed by atoms with van der Waals surface area (Å²) in [6.45, 7) is 1.14. The van der Waals surface area contributed by atoms with Crippen molar-refractivity contribution in [3.8, 4) is 0 Å². The summed E-state index contributed by atoms with van der Waals surface area (Å²) in [5.74, 6) is -0.514. The van der Waals surface area contributed by atoms with Crippen LogP contribution in [0.4, 0.5) is 0 Å². The molecule has 0 saturated carbocycles. The number of aryl methyl sites for hydroxylation is 1. The standard InChI is InChI=1S/C12H15N3O3/c1-15-9(3-6-14-15)2-5-13-8-11-10(12(16)17)4-7-18-11/h3-4,6-7,13H,2,5,8H2,1H3,(H,16,17). The summed E-state index contributed by atoms with van der Waals surface area (Å²) in [4.78, 5) is 10.8. The molecule has 2 aromatic rings. The monoisotopic (exact) mass is 249 g/mol. The lowest BCUT2D eigenvalue weighted by molar-refractivity contribution is 0.0694. The van der Waals surface area contributed by atoms with E-state index in [1.165, 1.54) is 12.3 Å². The number of nitrogens with one attached hydrogen (secondary N) is 1. The maximum atomic E-state index is 10.8. The molecule has 0 fully saturated rings. The van der Waals surface area contributed by atoms with E-state index in [0.717, 1.165) is 18.7 Å². The molecular weight excluding hydrogens is 234 g/mol. The average molecular weight is 249 g/mol. The van der Waals surface area contributed by atoms with Crippen LogP contribution in [0.2, 0.25) is 0 Å². The number of furan rings is 1. The van der Waals surface area contributed by atoms with E-state index < -0.39 is 5.97 Å². The second-order valence-electron chi connectivity index (χ2n) is 3.94. The van der Waals surface area contributed by atoms with Crippen LogP contribution in [0.15, 0.2) is 29.0 Å². The van der Waals surface area contributed by atoms with Gasteiger partial charge in [-0.1, -0.05) is 0 Å². The first-order valence-electron chi connectivity index (χ1n) is 5.65. The lowest BCUT2D eigenvalue weighted by Gasteiger charge is -2.04. The van der Waals surface area contributed by atoms with Gasteiger partial charge in [-0.25, -0.2) is 4.79 Å². The third kappa shape index (κ3) is 2.78. The van der Waals surface area contributed by atoms with Crippen molar-refractivity contribution >= 4 is 5.97 Å². The normalized spacial score (nSPS) is 10.7. The fraction of sp³-hybridized carbons (Fsp3) is 0.333. The molecule has 0 aliphatic carbocycles. The molecule has 0 saturated heterocycles. The number of carboxylic acid groups (broad SMARTS) is 1. The summed E-state index contributed by atoms with van der Waals surface area (Å²) in [7, 11) is 1.89. The van der Waals surface area contributed by atoms with E-state index in [4.69, 9.17) is 9.52 Å². The Balaban J connectivity index is 1.80. The fourth-order valence-electron chi connectivity index (χ4n) is 1.73. The van der Waals surface area contributed by atoms with E-state index in [2.05, 4.69) is 10.4 Å². The van der Waals surface area contributed by atoms with Gasteiger partial charge in [0.15, 0.2) is 0 Å². The molecular formula is C12H15N3O3. The summed E-state index contributed by atoms with van der Waals surface area (Å²) in [5.41, 5.74) is 1.34. The third-order valence-corrected chi connectivity index (χ3v) is 2.74. The fourth-order valence-corrected chi connectivity index (χ4v) is 1.73. The Kier molecular flexibility index (Phi) is 3.78. The van der Waals surface area contributed by atoms with Gasteiger partial charge in [-0.05, 0) is 12.1 Å². The van der Waals surface area contributed by atoms with Crippen molar-refractivity contribution in [3.05, 3.63) is 41.6 Å². The topological polar surface area (TPSA) is 80.3 Å². The smallest absolute Gasteiger partial charge is 0.339 e. The zero-order valence-electron chi connectivity index (χ0n) is 10.1. The summed E-state index contributed by atoms with van der Waals surface area (Å²) >= 11 is 0. The number of carbonyl (C=O) groups is 1. The maximum absolute atomic E-state index is 10.8. The molecule has 0 atom stereocenters. The predicted molar refractivity (Wildman–Crippen MR) is 64.3 cm³/mol. The highest BCUT2D eigenvalue weighted by Gasteiger charge is 2.12. The zero-order valence-corrected chi connectivity index (χ0v) is 10.1. The summed E-state index contributed by atoms with van der Waals surface area (Å²) < 4.78 is 6.94. The quantitative estimate of drug-likeness (QED) is 0.748. The molecule has 6 nitrogen and oxygen atoms in total. The van der Waals surface area contributed by atoms with E-state index in [0.29, 0.717) is 12.3 Å². The minimum absolute atomic E-state index is 0.211. The number of rotatable bonds is 6. The van der Waals surface area contributed by atoms with Crippen molar-refractivity contribution < 1.29 is 14.3 Å².